The number of aromatic nitrogens is 4. The predicted molar refractivity (Wildman–Crippen MR) is 208 cm³/mol. The molecule has 0 amide bonds. The van der Waals surface area contributed by atoms with E-state index in [0.29, 0.717) is 22.5 Å². The highest BCUT2D eigenvalue weighted by Crippen LogP contribution is 2.47. The summed E-state index contributed by atoms with van der Waals surface area (Å²) in [5.41, 5.74) is 14.0. The largest absolute Gasteiger partial charge is 0.354 e. The molecular weight excluding hydrogens is 639 g/mol. The van der Waals surface area contributed by atoms with Gasteiger partial charge in [0.2, 0.25) is 0 Å². The van der Waals surface area contributed by atoms with Gasteiger partial charge in [-0.25, -0.2) is 9.97 Å². The molecule has 6 nitrogen and oxygen atoms in total. The third kappa shape index (κ3) is 4.47. The van der Waals surface area contributed by atoms with Crippen molar-refractivity contribution in [1.29, 1.82) is 5.26 Å². The van der Waals surface area contributed by atoms with Gasteiger partial charge in [0.15, 0.2) is 5.78 Å². The molecule has 0 radical (unpaired) electrons. The number of H-pyrrole nitrogens is 2. The van der Waals surface area contributed by atoms with Crippen molar-refractivity contribution in [3.05, 3.63) is 168 Å². The summed E-state index contributed by atoms with van der Waals surface area (Å²) in [4.78, 5) is 32.4. The fourth-order valence-corrected chi connectivity index (χ4v) is 7.72. The first-order valence-electron chi connectivity index (χ1n) is 17.1. The Morgan fingerprint density at radius 3 is 1.42 bits per heavy atom. The molecule has 1 aliphatic carbocycles. The zero-order chi connectivity index (χ0) is 34.8. The Balaban J connectivity index is 1.46. The number of ketones is 1. The van der Waals surface area contributed by atoms with Gasteiger partial charge in [0, 0.05) is 49.9 Å². The van der Waals surface area contributed by atoms with Gasteiger partial charge in [-0.3, -0.25) is 4.79 Å². The van der Waals surface area contributed by atoms with Crippen LogP contribution in [-0.4, -0.2) is 25.7 Å². The number of rotatable bonds is 3. The molecule has 0 spiro atoms. The molecule has 3 aliphatic rings. The molecule has 7 aromatic rings. The van der Waals surface area contributed by atoms with Gasteiger partial charge < -0.3 is 9.97 Å². The Hall–Kier alpha value is -7.36. The zero-order valence-corrected chi connectivity index (χ0v) is 27.7. The second-order valence-electron chi connectivity index (χ2n) is 12.9. The van der Waals surface area contributed by atoms with E-state index in [2.05, 4.69) is 64.6 Å². The number of hydrogen-bond acceptors (Lipinski definition) is 4. The number of carbonyl (C=O) groups is 1. The summed E-state index contributed by atoms with van der Waals surface area (Å²) in [5.74, 6) is -0.210. The monoisotopic (exact) mass is 665 g/mol. The Labute approximate surface area is 298 Å². The Morgan fingerprint density at radius 2 is 0.904 bits per heavy atom. The standard InChI is InChI=1S/C46H27N5O/c47-26-32-43-45-42(30-18-10-11-19-31(30)46(43)52)38-25-23-36(50-38)40(28-14-6-2-7-15-28)34-21-20-33(48-34)39(27-12-4-1-5-13-27)35-22-24-37(49-35)41(44(32)51-45)29-16-8-3-9-17-29/h1-25,49-50H. The van der Waals surface area contributed by atoms with Gasteiger partial charge in [-0.15, -0.1) is 0 Å². The summed E-state index contributed by atoms with van der Waals surface area (Å²) < 4.78 is 0. The molecule has 0 fully saturated rings. The van der Waals surface area contributed by atoms with E-state index in [4.69, 9.17) is 9.97 Å². The van der Waals surface area contributed by atoms with Crippen molar-refractivity contribution in [3.8, 4) is 50.6 Å². The number of Topliss-reactive ketones (excluding diaryl/α,β-unsaturated/α-hetero) is 1. The highest BCUT2D eigenvalue weighted by Gasteiger charge is 2.37. The maximum Gasteiger partial charge on any atom is 0.197 e. The van der Waals surface area contributed by atoms with Crippen LogP contribution in [-0.2, 0) is 0 Å². The van der Waals surface area contributed by atoms with Crippen LogP contribution in [0.3, 0.4) is 0 Å². The van der Waals surface area contributed by atoms with Crippen LogP contribution in [0.5, 0.6) is 0 Å². The highest BCUT2D eigenvalue weighted by molar-refractivity contribution is 6.41. The lowest BCUT2D eigenvalue weighted by molar-refractivity contribution is 0.105. The summed E-state index contributed by atoms with van der Waals surface area (Å²) in [7, 11) is 0. The third-order valence-corrected chi connectivity index (χ3v) is 9.99. The topological polar surface area (TPSA) is 98.2 Å². The van der Waals surface area contributed by atoms with Gasteiger partial charge in [0.1, 0.15) is 6.07 Å². The number of nitrogens with one attached hydrogen (secondary N) is 2. The number of nitriles is 1. The molecule has 52 heavy (non-hydrogen) atoms. The van der Waals surface area contributed by atoms with E-state index in [-0.39, 0.29) is 11.4 Å². The van der Waals surface area contributed by atoms with Crippen LogP contribution in [0.1, 0.15) is 33.1 Å². The van der Waals surface area contributed by atoms with Crippen LogP contribution in [0.4, 0.5) is 0 Å². The molecule has 2 aliphatic heterocycles. The van der Waals surface area contributed by atoms with E-state index in [1.54, 1.807) is 0 Å². The van der Waals surface area contributed by atoms with E-state index in [0.717, 1.165) is 78.0 Å². The van der Waals surface area contributed by atoms with Crippen LogP contribution in [0.2, 0.25) is 0 Å². The summed E-state index contributed by atoms with van der Waals surface area (Å²) in [6, 6.07) is 48.6. The Kier molecular flexibility index (Phi) is 6.60. The SMILES string of the molecule is N#CC1=C2C(=O)c3ccccc3-c3c2nc1c(-c1ccccc1)c1ccc([nH]1)c(-c1ccccc1)c1nc(c(-c2ccccc2)c2ccc3[nH]2)C=C1. The van der Waals surface area contributed by atoms with Crippen LogP contribution in [0.15, 0.2) is 140 Å². The lowest BCUT2D eigenvalue weighted by Gasteiger charge is -2.17. The van der Waals surface area contributed by atoms with Crippen molar-refractivity contribution in [2.45, 2.75) is 0 Å². The number of hydrogen-bond donors (Lipinski definition) is 2. The van der Waals surface area contributed by atoms with Crippen molar-refractivity contribution in [3.63, 3.8) is 0 Å². The first-order chi connectivity index (χ1) is 25.7. The molecule has 242 valence electrons. The molecular formula is C46H27N5O. The van der Waals surface area contributed by atoms with Crippen molar-refractivity contribution in [2.75, 3.05) is 0 Å². The van der Waals surface area contributed by atoms with Gasteiger partial charge in [-0.2, -0.15) is 5.26 Å². The summed E-state index contributed by atoms with van der Waals surface area (Å²) in [5, 5.41) is 10.9. The zero-order valence-electron chi connectivity index (χ0n) is 27.7. The smallest absolute Gasteiger partial charge is 0.197 e. The predicted octanol–water partition coefficient (Wildman–Crippen LogP) is 10.8. The second-order valence-corrected chi connectivity index (χ2v) is 12.9. The van der Waals surface area contributed by atoms with Gasteiger partial charge >= 0.3 is 0 Å². The molecule has 8 bridgehead atoms. The fraction of sp³-hybridized carbons (Fsp3) is 0. The van der Waals surface area contributed by atoms with Crippen LogP contribution < -0.4 is 0 Å². The van der Waals surface area contributed by atoms with Crippen molar-refractivity contribution < 1.29 is 4.79 Å². The van der Waals surface area contributed by atoms with Crippen molar-refractivity contribution >= 4 is 51.1 Å². The third-order valence-electron chi connectivity index (χ3n) is 9.99. The molecule has 5 heterocycles. The minimum absolute atomic E-state index is 0.210. The molecule has 4 aromatic carbocycles. The van der Waals surface area contributed by atoms with Crippen molar-refractivity contribution in [1.82, 2.24) is 19.9 Å². The first kappa shape index (κ1) is 29.5. The van der Waals surface area contributed by atoms with E-state index < -0.39 is 0 Å². The molecule has 0 saturated heterocycles. The van der Waals surface area contributed by atoms with Gasteiger partial charge in [-0.1, -0.05) is 115 Å². The fourth-order valence-electron chi connectivity index (χ4n) is 7.72. The number of benzene rings is 4. The minimum Gasteiger partial charge on any atom is -0.354 e. The number of aromatic amines is 2. The van der Waals surface area contributed by atoms with Crippen LogP contribution >= 0.6 is 0 Å². The average molecular weight is 666 g/mol. The van der Waals surface area contributed by atoms with Gasteiger partial charge in [0.25, 0.3) is 0 Å². The molecule has 0 saturated carbocycles. The average Bonchev–Trinajstić information content (AvgIpc) is 4.02. The molecule has 3 aromatic heterocycles. The van der Waals surface area contributed by atoms with Crippen LogP contribution in [0, 0.1) is 11.3 Å². The molecule has 6 heteroatoms. The molecule has 0 atom stereocenters. The molecule has 10 rings (SSSR count). The van der Waals surface area contributed by atoms with Crippen molar-refractivity contribution in [2.24, 2.45) is 0 Å². The maximum atomic E-state index is 14.4. The van der Waals surface area contributed by atoms with E-state index in [9.17, 15) is 10.1 Å². The number of carbonyl (C=O) groups excluding carboxylic acids is 1. The summed E-state index contributed by atoms with van der Waals surface area (Å²) in [6.45, 7) is 0. The quantitative estimate of drug-likeness (QED) is 0.196. The highest BCUT2D eigenvalue weighted by atomic mass is 16.1. The lowest BCUT2D eigenvalue weighted by atomic mass is 9.83. The van der Waals surface area contributed by atoms with Gasteiger partial charge in [0.05, 0.1) is 33.9 Å². The van der Waals surface area contributed by atoms with Gasteiger partial charge in [-0.05, 0) is 58.7 Å². The summed E-state index contributed by atoms with van der Waals surface area (Å²) in [6.07, 6.45) is 4.15. The minimum atomic E-state index is -0.210. The van der Waals surface area contributed by atoms with E-state index in [1.165, 1.54) is 0 Å². The van der Waals surface area contributed by atoms with E-state index >= 15 is 0 Å². The van der Waals surface area contributed by atoms with Crippen LogP contribution in [0.25, 0.3) is 89.9 Å². The molecule has 0 unspecified atom stereocenters. The maximum absolute atomic E-state index is 14.4. The number of fused-ring (bicyclic) bond motifs is 10. The Morgan fingerprint density at radius 1 is 0.462 bits per heavy atom. The second kappa shape index (κ2) is 11.6. The number of allylic oxidation sites excluding steroid dienone is 2. The summed E-state index contributed by atoms with van der Waals surface area (Å²) >= 11 is 0. The first-order valence-corrected chi connectivity index (χ1v) is 17.1. The molecule has 2 N–H and O–H groups in total. The van der Waals surface area contributed by atoms with E-state index in [1.807, 2.05) is 103 Å². The number of nitrogens with zero attached hydrogens (tertiary/aromatic N) is 3. The Bertz CT molecular complexity index is 2910. The normalized spacial score (nSPS) is 12.9. The lowest BCUT2D eigenvalue weighted by Crippen LogP contribution is -2.11.